The Morgan fingerprint density at radius 2 is 2.26 bits per heavy atom. The van der Waals surface area contributed by atoms with E-state index >= 15 is 0 Å². The van der Waals surface area contributed by atoms with Crippen LogP contribution in [0.5, 0.6) is 5.75 Å². The Balaban J connectivity index is 1.71. The van der Waals surface area contributed by atoms with Gasteiger partial charge in [0.2, 0.25) is 5.91 Å². The number of rotatable bonds is 5. The highest BCUT2D eigenvalue weighted by molar-refractivity contribution is 6.32. The van der Waals surface area contributed by atoms with Gasteiger partial charge in [0, 0.05) is 19.2 Å². The van der Waals surface area contributed by atoms with Crippen molar-refractivity contribution in [1.29, 1.82) is 0 Å². The van der Waals surface area contributed by atoms with Crippen molar-refractivity contribution < 1.29 is 9.53 Å². The lowest BCUT2D eigenvalue weighted by Gasteiger charge is -2.16. The fraction of sp³-hybridized carbons (Fsp3) is 0.412. The molecule has 2 aromatic rings. The van der Waals surface area contributed by atoms with Crippen LogP contribution in [0.2, 0.25) is 5.02 Å². The largest absolute Gasteiger partial charge is 0.487 e. The van der Waals surface area contributed by atoms with Crippen molar-refractivity contribution in [2.24, 2.45) is 13.0 Å². The van der Waals surface area contributed by atoms with Crippen LogP contribution in [-0.4, -0.2) is 21.8 Å². The summed E-state index contributed by atoms with van der Waals surface area (Å²) in [7, 11) is 1.88. The maximum atomic E-state index is 12.5. The summed E-state index contributed by atoms with van der Waals surface area (Å²) in [5.41, 5.74) is 1.73. The van der Waals surface area contributed by atoms with E-state index in [9.17, 15) is 4.79 Å². The zero-order chi connectivity index (χ0) is 16.6. The fourth-order valence-electron chi connectivity index (χ4n) is 2.67. The van der Waals surface area contributed by atoms with Crippen LogP contribution in [0.3, 0.4) is 0 Å². The minimum atomic E-state index is -0.0231. The Hall–Kier alpha value is -2.01. The van der Waals surface area contributed by atoms with E-state index in [1.807, 2.05) is 39.4 Å². The van der Waals surface area contributed by atoms with E-state index in [-0.39, 0.29) is 23.8 Å². The lowest BCUT2D eigenvalue weighted by atomic mass is 10.2. The highest BCUT2D eigenvalue weighted by Crippen LogP contribution is 2.48. The second-order valence-electron chi connectivity index (χ2n) is 6.17. The van der Waals surface area contributed by atoms with Gasteiger partial charge < -0.3 is 10.1 Å². The van der Waals surface area contributed by atoms with E-state index in [4.69, 9.17) is 16.3 Å². The number of amides is 1. The predicted molar refractivity (Wildman–Crippen MR) is 89.9 cm³/mol. The molecule has 3 rings (SSSR count). The van der Waals surface area contributed by atoms with Crippen LogP contribution in [0, 0.1) is 5.92 Å². The first kappa shape index (κ1) is 15.9. The Kier molecular flexibility index (Phi) is 4.31. The zero-order valence-corrected chi connectivity index (χ0v) is 14.2. The van der Waals surface area contributed by atoms with E-state index < -0.39 is 0 Å². The number of carbonyl (C=O) groups is 1. The second kappa shape index (κ2) is 6.24. The first-order valence-corrected chi connectivity index (χ1v) is 8.08. The van der Waals surface area contributed by atoms with Gasteiger partial charge in [-0.3, -0.25) is 9.48 Å². The topological polar surface area (TPSA) is 56.1 Å². The number of nitrogens with one attached hydrogen (secondary N) is 1. The van der Waals surface area contributed by atoms with Crippen LogP contribution in [0.15, 0.2) is 30.6 Å². The second-order valence-corrected chi connectivity index (χ2v) is 6.58. The van der Waals surface area contributed by atoms with Crippen molar-refractivity contribution >= 4 is 23.2 Å². The number of para-hydroxylation sites is 1. The Labute approximate surface area is 140 Å². The molecule has 0 radical (unpaired) electrons. The molecule has 122 valence electrons. The number of halogens is 1. The maximum absolute atomic E-state index is 12.5. The number of benzene rings is 1. The number of nitrogens with zero attached hydrogens (tertiary/aromatic N) is 2. The minimum Gasteiger partial charge on any atom is -0.487 e. The van der Waals surface area contributed by atoms with E-state index in [0.717, 1.165) is 12.0 Å². The maximum Gasteiger partial charge on any atom is 0.228 e. The third kappa shape index (κ3) is 3.50. The van der Waals surface area contributed by atoms with Gasteiger partial charge in [-0.2, -0.15) is 5.10 Å². The molecular weight excluding hydrogens is 314 g/mol. The summed E-state index contributed by atoms with van der Waals surface area (Å²) < 4.78 is 7.49. The number of ether oxygens (including phenoxy) is 1. The molecular formula is C17H20ClN3O2. The monoisotopic (exact) mass is 333 g/mol. The molecule has 0 saturated heterocycles. The van der Waals surface area contributed by atoms with Gasteiger partial charge in [-0.15, -0.1) is 0 Å². The highest BCUT2D eigenvalue weighted by atomic mass is 35.5. The van der Waals surface area contributed by atoms with Crippen molar-refractivity contribution in [3.05, 3.63) is 41.2 Å². The molecule has 1 saturated carbocycles. The number of hydrogen-bond donors (Lipinski definition) is 1. The average Bonchev–Trinajstić information content (AvgIpc) is 3.17. The Morgan fingerprint density at radius 3 is 2.91 bits per heavy atom. The number of hydrogen-bond acceptors (Lipinski definition) is 3. The molecule has 0 unspecified atom stereocenters. The molecule has 1 heterocycles. The van der Waals surface area contributed by atoms with Crippen LogP contribution >= 0.6 is 11.6 Å². The molecule has 23 heavy (non-hydrogen) atoms. The minimum absolute atomic E-state index is 0.00488. The summed E-state index contributed by atoms with van der Waals surface area (Å²) >= 11 is 6.19. The molecule has 5 nitrogen and oxygen atoms in total. The molecule has 6 heteroatoms. The SMILES string of the molecule is CC(C)Oc1c(Cl)cccc1NC(=O)[C@H]1C[C@@H]1c1cnn(C)c1. The predicted octanol–water partition coefficient (Wildman–Crippen LogP) is 3.60. The number of aromatic nitrogens is 2. The van der Waals surface area contributed by atoms with Gasteiger partial charge in [-0.25, -0.2) is 0 Å². The molecule has 1 amide bonds. The third-order valence-corrected chi connectivity index (χ3v) is 4.16. The molecule has 0 aliphatic heterocycles. The van der Waals surface area contributed by atoms with Gasteiger partial charge in [-0.1, -0.05) is 17.7 Å². The first-order valence-electron chi connectivity index (χ1n) is 7.70. The third-order valence-electron chi connectivity index (χ3n) is 3.86. The summed E-state index contributed by atoms with van der Waals surface area (Å²) in [6, 6.07) is 5.37. The van der Waals surface area contributed by atoms with Crippen LogP contribution in [0.4, 0.5) is 5.69 Å². The Morgan fingerprint density at radius 1 is 1.48 bits per heavy atom. The van der Waals surface area contributed by atoms with Gasteiger partial charge in [0.05, 0.1) is 23.0 Å². The van der Waals surface area contributed by atoms with Crippen LogP contribution in [0.1, 0.15) is 31.7 Å². The number of anilines is 1. The lowest BCUT2D eigenvalue weighted by molar-refractivity contribution is -0.117. The van der Waals surface area contributed by atoms with E-state index in [0.29, 0.717) is 16.5 Å². The van der Waals surface area contributed by atoms with Crippen LogP contribution in [0.25, 0.3) is 0 Å². The molecule has 0 spiro atoms. The van der Waals surface area contributed by atoms with Gasteiger partial charge in [0.15, 0.2) is 5.75 Å². The van der Waals surface area contributed by atoms with Gasteiger partial charge in [0.25, 0.3) is 0 Å². The average molecular weight is 334 g/mol. The van der Waals surface area contributed by atoms with Crippen molar-refractivity contribution in [3.63, 3.8) is 0 Å². The van der Waals surface area contributed by atoms with E-state index in [1.165, 1.54) is 0 Å². The van der Waals surface area contributed by atoms with Gasteiger partial charge in [-0.05, 0) is 43.9 Å². The summed E-state index contributed by atoms with van der Waals surface area (Å²) in [5.74, 6) is 0.744. The first-order chi connectivity index (χ1) is 11.0. The molecule has 2 atom stereocenters. The molecule has 1 N–H and O–H groups in total. The molecule has 1 aromatic carbocycles. The summed E-state index contributed by atoms with van der Waals surface area (Å²) in [5, 5.41) is 7.61. The Bertz CT molecular complexity index is 726. The zero-order valence-electron chi connectivity index (χ0n) is 13.4. The number of aryl methyl sites for hydroxylation is 1. The smallest absolute Gasteiger partial charge is 0.228 e. The standard InChI is InChI=1S/C17H20ClN3O2/c1-10(2)23-16-14(18)5-4-6-15(16)20-17(22)13-7-12(13)11-8-19-21(3)9-11/h4-6,8-10,12-13H,7H2,1-3H3,(H,20,22)/t12-,13+/m1/s1. The normalized spacial score (nSPS) is 19.7. The lowest BCUT2D eigenvalue weighted by Crippen LogP contribution is -2.16. The van der Waals surface area contributed by atoms with Gasteiger partial charge >= 0.3 is 0 Å². The van der Waals surface area contributed by atoms with Gasteiger partial charge in [0.1, 0.15) is 0 Å². The van der Waals surface area contributed by atoms with Crippen molar-refractivity contribution in [1.82, 2.24) is 9.78 Å². The molecule has 1 fully saturated rings. The molecule has 1 aliphatic rings. The molecule has 0 bridgehead atoms. The van der Waals surface area contributed by atoms with Crippen LogP contribution in [-0.2, 0) is 11.8 Å². The number of carbonyl (C=O) groups excluding carboxylic acids is 1. The van der Waals surface area contributed by atoms with Crippen molar-refractivity contribution in [2.75, 3.05) is 5.32 Å². The van der Waals surface area contributed by atoms with Crippen molar-refractivity contribution in [3.8, 4) is 5.75 Å². The summed E-state index contributed by atoms with van der Waals surface area (Å²) in [6.07, 6.45) is 4.61. The molecule has 1 aliphatic carbocycles. The fourth-order valence-corrected chi connectivity index (χ4v) is 2.89. The van der Waals surface area contributed by atoms with E-state index in [1.54, 1.807) is 16.8 Å². The van der Waals surface area contributed by atoms with E-state index in [2.05, 4.69) is 10.4 Å². The highest BCUT2D eigenvalue weighted by Gasteiger charge is 2.44. The van der Waals surface area contributed by atoms with Crippen molar-refractivity contribution in [2.45, 2.75) is 32.3 Å². The summed E-state index contributed by atoms with van der Waals surface area (Å²) in [4.78, 5) is 12.5. The van der Waals surface area contributed by atoms with Crippen LogP contribution < -0.4 is 10.1 Å². The summed E-state index contributed by atoms with van der Waals surface area (Å²) in [6.45, 7) is 3.85. The quantitative estimate of drug-likeness (QED) is 0.909. The molecule has 1 aromatic heterocycles.